The number of hydrogen-bond acceptors (Lipinski definition) is 12. The fraction of sp³-hybridized carbons (Fsp3) is 0.390. The Morgan fingerprint density at radius 3 is 2.14 bits per heavy atom. The summed E-state index contributed by atoms with van der Waals surface area (Å²) in [7, 11) is -2.22. The normalized spacial score (nSPS) is 13.2. The van der Waals surface area contributed by atoms with Gasteiger partial charge < -0.3 is 38.5 Å². The van der Waals surface area contributed by atoms with Crippen LogP contribution in [-0.2, 0) is 55.7 Å². The van der Waals surface area contributed by atoms with Crippen LogP contribution in [0.4, 0.5) is 4.39 Å². The number of hydrogen-bond donors (Lipinski definition) is 3. The molecule has 5 rings (SSSR count). The molecule has 0 spiro atoms. The number of sulfonamides is 1. The number of aliphatic hydroxyl groups is 1. The van der Waals surface area contributed by atoms with Gasteiger partial charge in [-0.3, -0.25) is 9.59 Å². The number of ketones is 1. The Labute approximate surface area is 330 Å². The lowest BCUT2D eigenvalue weighted by Gasteiger charge is -2.12. The first kappa shape index (κ1) is 43.2. The number of carbonyl (C=O) groups is 3. The number of ether oxygens (including phenoxy) is 5. The highest BCUT2D eigenvalue weighted by Crippen LogP contribution is 2.45. The van der Waals surface area contributed by atoms with Crippen LogP contribution in [0.2, 0.25) is 0 Å². The summed E-state index contributed by atoms with van der Waals surface area (Å²) in [6, 6.07) is 15.8. The molecule has 0 unspecified atom stereocenters. The van der Waals surface area contributed by atoms with Gasteiger partial charge in [0.15, 0.2) is 0 Å². The maximum atomic E-state index is 13.6. The number of benzene rings is 3. The van der Waals surface area contributed by atoms with Crippen molar-refractivity contribution >= 4 is 44.4 Å². The minimum absolute atomic E-state index is 0.0642. The third kappa shape index (κ3) is 12.8. The van der Waals surface area contributed by atoms with Crippen LogP contribution in [0.25, 0.3) is 28.1 Å². The second kappa shape index (κ2) is 21.0. The Bertz CT molecular complexity index is 2130. The van der Waals surface area contributed by atoms with E-state index < -0.39 is 27.6 Å². The summed E-state index contributed by atoms with van der Waals surface area (Å²) in [5.74, 6) is -2.89. The van der Waals surface area contributed by atoms with Crippen LogP contribution in [0.15, 0.2) is 71.2 Å². The van der Waals surface area contributed by atoms with Crippen molar-refractivity contribution in [2.24, 2.45) is 0 Å². The molecule has 4 aromatic rings. The van der Waals surface area contributed by atoms with Gasteiger partial charge in [0.05, 0.1) is 70.8 Å². The summed E-state index contributed by atoms with van der Waals surface area (Å²) >= 11 is 0. The maximum absolute atomic E-state index is 13.6. The van der Waals surface area contributed by atoms with E-state index in [0.717, 1.165) is 30.0 Å². The number of aliphatic hydroxyl groups excluding tert-OH is 1. The Hall–Kier alpha value is -4.97. The number of amides is 1. The monoisotopic (exact) mass is 810 g/mol. The molecule has 14 nitrogen and oxygen atoms in total. The summed E-state index contributed by atoms with van der Waals surface area (Å²) in [4.78, 5) is 36.1. The van der Waals surface area contributed by atoms with Crippen molar-refractivity contribution in [3.63, 3.8) is 0 Å². The summed E-state index contributed by atoms with van der Waals surface area (Å²) in [6.45, 7) is 4.13. The highest BCUT2D eigenvalue weighted by molar-refractivity contribution is 7.88. The number of furan rings is 1. The average molecular weight is 811 g/mol. The number of halogens is 1. The molecule has 3 aromatic carbocycles. The molecule has 57 heavy (non-hydrogen) atoms. The van der Waals surface area contributed by atoms with Crippen LogP contribution in [0, 0.1) is 5.82 Å². The summed E-state index contributed by atoms with van der Waals surface area (Å²) < 4.78 is 75.3. The van der Waals surface area contributed by atoms with Crippen LogP contribution in [-0.4, -0.2) is 97.6 Å². The largest absolute Gasteiger partial charge is 0.507 e. The van der Waals surface area contributed by atoms with Gasteiger partial charge in [0, 0.05) is 36.2 Å². The van der Waals surface area contributed by atoms with Crippen LogP contribution in [0.1, 0.15) is 58.3 Å². The lowest BCUT2D eigenvalue weighted by atomic mass is 9.98. The highest BCUT2D eigenvalue weighted by atomic mass is 32.2. The van der Waals surface area contributed by atoms with E-state index in [0.29, 0.717) is 72.9 Å². The van der Waals surface area contributed by atoms with Gasteiger partial charge >= 0.3 is 5.97 Å². The Balaban J connectivity index is 0.958. The van der Waals surface area contributed by atoms with E-state index in [2.05, 4.69) is 14.8 Å². The average Bonchev–Trinajstić information content (AvgIpc) is 3.98. The Morgan fingerprint density at radius 1 is 0.895 bits per heavy atom. The lowest BCUT2D eigenvalue weighted by molar-refractivity contribution is -0.151. The zero-order chi connectivity index (χ0) is 40.8. The molecule has 306 valence electrons. The first-order valence-electron chi connectivity index (χ1n) is 18.6. The molecular weight excluding hydrogens is 764 g/mol. The van der Waals surface area contributed by atoms with E-state index in [1.54, 1.807) is 37.3 Å². The van der Waals surface area contributed by atoms with Crippen LogP contribution in [0.5, 0.6) is 0 Å². The third-order valence-electron chi connectivity index (χ3n) is 8.82. The molecule has 1 aliphatic carbocycles. The number of nitrogens with one attached hydrogen (secondary N) is 2. The molecular formula is C41H47FN2O12S. The van der Waals surface area contributed by atoms with E-state index in [1.165, 1.54) is 31.3 Å². The molecule has 1 aliphatic rings. The van der Waals surface area contributed by atoms with Crippen LogP contribution >= 0.6 is 0 Å². The van der Waals surface area contributed by atoms with Crippen LogP contribution in [0.3, 0.4) is 0 Å². The first-order chi connectivity index (χ1) is 27.5. The molecule has 0 aliphatic heterocycles. The van der Waals surface area contributed by atoms with Gasteiger partial charge in [-0.15, -0.1) is 0 Å². The zero-order valence-electron chi connectivity index (χ0n) is 31.8. The van der Waals surface area contributed by atoms with Gasteiger partial charge in [0.2, 0.25) is 10.0 Å². The molecule has 1 aromatic heterocycles. The lowest BCUT2D eigenvalue weighted by Crippen LogP contribution is -2.29. The number of carbonyl (C=O) groups excluding carboxylic acids is 3. The molecule has 1 saturated carbocycles. The fourth-order valence-corrected chi connectivity index (χ4v) is 7.03. The quantitative estimate of drug-likeness (QED) is 0.0277. The molecule has 0 bridgehead atoms. The highest BCUT2D eigenvalue weighted by Gasteiger charge is 2.31. The second-order valence-corrected chi connectivity index (χ2v) is 14.9. The summed E-state index contributed by atoms with van der Waals surface area (Å²) in [5.41, 5.74) is 3.87. The number of rotatable bonds is 24. The predicted octanol–water partition coefficient (Wildman–Crippen LogP) is 5.19. The van der Waals surface area contributed by atoms with Gasteiger partial charge in [-0.05, 0) is 78.8 Å². The van der Waals surface area contributed by atoms with Gasteiger partial charge in [-0.2, -0.15) is 0 Å². The van der Waals surface area contributed by atoms with Gasteiger partial charge in [0.1, 0.15) is 22.9 Å². The van der Waals surface area contributed by atoms with E-state index in [-0.39, 0.29) is 55.5 Å². The van der Waals surface area contributed by atoms with E-state index in [4.69, 9.17) is 23.4 Å². The second-order valence-electron chi connectivity index (χ2n) is 13.1. The molecule has 0 atom stereocenters. The summed E-state index contributed by atoms with van der Waals surface area (Å²) in [5, 5.41) is 13.3. The minimum Gasteiger partial charge on any atom is -0.507 e. The standard InChI is InChI=1S/C41H47FN2O12S/c1-3-55-41(48)36(46)24-35(45)29-6-4-27(5-7-29)25-54-21-20-53-19-18-52-17-16-51-15-14-44-57(49,50)26-31-22-37-34(23-33(31)28-8-9-28)38(40(47)43-2)39(56-37)30-10-12-32(42)13-11-30/h4-7,10-13,22-24,28,44-45H,3,8-9,14-21,25-26H2,1-2H3,(H,43,47). The molecule has 3 N–H and O–H groups in total. The minimum atomic E-state index is -3.74. The van der Waals surface area contributed by atoms with E-state index >= 15 is 0 Å². The first-order valence-corrected chi connectivity index (χ1v) is 20.2. The maximum Gasteiger partial charge on any atom is 0.379 e. The zero-order valence-corrected chi connectivity index (χ0v) is 32.7. The van der Waals surface area contributed by atoms with Gasteiger partial charge in [0.25, 0.3) is 11.7 Å². The molecule has 1 amide bonds. The predicted molar refractivity (Wildman–Crippen MR) is 208 cm³/mol. The van der Waals surface area contributed by atoms with Gasteiger partial charge in [-0.25, -0.2) is 22.3 Å². The summed E-state index contributed by atoms with van der Waals surface area (Å²) in [6.07, 6.45) is 2.66. The van der Waals surface area contributed by atoms with Crippen molar-refractivity contribution in [2.45, 2.75) is 38.0 Å². The van der Waals surface area contributed by atoms with Crippen molar-refractivity contribution in [3.8, 4) is 11.3 Å². The molecule has 1 heterocycles. The van der Waals surface area contributed by atoms with Crippen LogP contribution < -0.4 is 10.0 Å². The van der Waals surface area contributed by atoms with Crippen molar-refractivity contribution in [3.05, 3.63) is 100 Å². The number of fused-ring (bicyclic) bond motifs is 1. The van der Waals surface area contributed by atoms with E-state index in [1.807, 2.05) is 6.07 Å². The van der Waals surface area contributed by atoms with Crippen molar-refractivity contribution in [1.82, 2.24) is 10.0 Å². The number of esters is 1. The molecule has 16 heteroatoms. The van der Waals surface area contributed by atoms with Crippen molar-refractivity contribution < 1.29 is 60.4 Å². The van der Waals surface area contributed by atoms with Crippen molar-refractivity contribution in [1.29, 1.82) is 0 Å². The SMILES string of the molecule is CCOC(=O)C(=O)C=C(O)c1ccc(COCCOCCOCCOCCNS(=O)(=O)Cc2cc3oc(-c4ccc(F)cc4)c(C(=O)NC)c3cc2C2CC2)cc1. The Morgan fingerprint density at radius 2 is 1.53 bits per heavy atom. The molecule has 0 radical (unpaired) electrons. The van der Waals surface area contributed by atoms with Gasteiger partial charge in [-0.1, -0.05) is 24.3 Å². The molecule has 0 saturated heterocycles. The fourth-order valence-electron chi connectivity index (χ4n) is 5.87. The van der Waals surface area contributed by atoms with E-state index in [9.17, 15) is 32.3 Å². The smallest absolute Gasteiger partial charge is 0.379 e. The third-order valence-corrected chi connectivity index (χ3v) is 10.2. The topological polar surface area (TPSA) is 189 Å². The molecule has 1 fully saturated rings. The Kier molecular flexibility index (Phi) is 15.9. The van der Waals surface area contributed by atoms with Crippen molar-refractivity contribution in [2.75, 3.05) is 66.4 Å².